The van der Waals surface area contributed by atoms with Crippen LogP contribution in [0.4, 0.5) is 10.5 Å². The van der Waals surface area contributed by atoms with Crippen molar-refractivity contribution in [3.05, 3.63) is 66.4 Å². The van der Waals surface area contributed by atoms with E-state index in [1.165, 1.54) is 4.90 Å². The van der Waals surface area contributed by atoms with Gasteiger partial charge in [0.15, 0.2) is 0 Å². The number of anilines is 1. The summed E-state index contributed by atoms with van der Waals surface area (Å²) in [6, 6.07) is 16.0. The number of carbonyl (C=O) groups excluding carboxylic acids is 3. The molecule has 1 aliphatic rings. The van der Waals surface area contributed by atoms with E-state index in [0.717, 1.165) is 16.5 Å². The fraction of sp³-hybridized carbons (Fsp3) is 0.227. The van der Waals surface area contributed by atoms with E-state index in [0.29, 0.717) is 12.1 Å². The number of urea groups is 1. The lowest BCUT2D eigenvalue weighted by Gasteiger charge is -2.13. The fourth-order valence-corrected chi connectivity index (χ4v) is 3.61. The van der Waals surface area contributed by atoms with Gasteiger partial charge in [-0.15, -0.1) is 0 Å². The molecule has 7 nitrogen and oxygen atoms in total. The number of aromatic nitrogens is 1. The zero-order valence-electron chi connectivity index (χ0n) is 16.1. The minimum Gasteiger partial charge on any atom is -0.350 e. The quantitative estimate of drug-likeness (QED) is 0.635. The Hall–Kier alpha value is -3.61. The first-order chi connectivity index (χ1) is 14.0. The molecule has 4 amide bonds. The molecule has 0 saturated carbocycles. The van der Waals surface area contributed by atoms with E-state index in [1.54, 1.807) is 0 Å². The topological polar surface area (TPSA) is 83.4 Å². The molecule has 0 aliphatic carbocycles. The minimum atomic E-state index is -0.840. The van der Waals surface area contributed by atoms with Gasteiger partial charge in [-0.1, -0.05) is 36.4 Å². The van der Waals surface area contributed by atoms with Crippen LogP contribution in [0.15, 0.2) is 60.8 Å². The normalized spacial score (nSPS) is 16.3. The minimum absolute atomic E-state index is 0.102. The number of fused-ring (bicyclic) bond motifs is 1. The third kappa shape index (κ3) is 3.85. The van der Waals surface area contributed by atoms with Crippen LogP contribution in [0.2, 0.25) is 0 Å². The number of imide groups is 1. The molecule has 2 aromatic carbocycles. The lowest BCUT2D eigenvalue weighted by Crippen LogP contribution is -2.34. The summed E-state index contributed by atoms with van der Waals surface area (Å²) in [4.78, 5) is 38.5. The molecular weight excluding hydrogens is 368 g/mol. The van der Waals surface area contributed by atoms with Crippen LogP contribution < -0.4 is 10.6 Å². The molecule has 0 bridgehead atoms. The molecule has 1 saturated heterocycles. The van der Waals surface area contributed by atoms with E-state index in [2.05, 4.69) is 10.6 Å². The van der Waals surface area contributed by atoms with Crippen LogP contribution >= 0.6 is 0 Å². The Bertz CT molecular complexity index is 1070. The van der Waals surface area contributed by atoms with Crippen molar-refractivity contribution in [2.24, 2.45) is 7.05 Å². The molecule has 4 rings (SSSR count). The molecule has 3 aromatic rings. The van der Waals surface area contributed by atoms with Gasteiger partial charge in [0.2, 0.25) is 5.91 Å². The van der Waals surface area contributed by atoms with Crippen LogP contribution in [0, 0.1) is 0 Å². The summed E-state index contributed by atoms with van der Waals surface area (Å²) >= 11 is 0. The number of amides is 4. The summed E-state index contributed by atoms with van der Waals surface area (Å²) in [6.07, 6.45) is 2.40. The highest BCUT2D eigenvalue weighted by Gasteiger charge is 2.38. The Labute approximate surface area is 168 Å². The highest BCUT2D eigenvalue weighted by atomic mass is 16.2. The van der Waals surface area contributed by atoms with Gasteiger partial charge in [-0.2, -0.15) is 0 Å². The van der Waals surface area contributed by atoms with E-state index in [1.807, 2.05) is 72.4 Å². The zero-order chi connectivity index (χ0) is 20.4. The number of aryl methyl sites for hydroxylation is 1. The van der Waals surface area contributed by atoms with Crippen LogP contribution in [0.1, 0.15) is 12.0 Å². The number of carbonyl (C=O) groups is 3. The van der Waals surface area contributed by atoms with E-state index < -0.39 is 12.1 Å². The molecule has 0 radical (unpaired) electrons. The second-order valence-corrected chi connectivity index (χ2v) is 7.14. The molecule has 1 unspecified atom stereocenters. The van der Waals surface area contributed by atoms with Crippen LogP contribution in [-0.2, 0) is 23.1 Å². The Morgan fingerprint density at radius 3 is 2.66 bits per heavy atom. The van der Waals surface area contributed by atoms with E-state index in [9.17, 15) is 14.4 Å². The van der Waals surface area contributed by atoms with Crippen LogP contribution in [0.5, 0.6) is 0 Å². The average molecular weight is 390 g/mol. The van der Waals surface area contributed by atoms with E-state index in [-0.39, 0.29) is 24.8 Å². The number of hydrogen-bond donors (Lipinski definition) is 2. The van der Waals surface area contributed by atoms with Crippen molar-refractivity contribution in [1.82, 2.24) is 14.8 Å². The first kappa shape index (κ1) is 18.7. The van der Waals surface area contributed by atoms with Crippen molar-refractivity contribution in [3.8, 4) is 0 Å². The number of nitrogens with one attached hydrogen (secondary N) is 2. The molecular formula is C22H22N4O3. The van der Waals surface area contributed by atoms with Gasteiger partial charge in [0.05, 0.1) is 12.1 Å². The van der Waals surface area contributed by atoms with Gasteiger partial charge in [0.25, 0.3) is 5.91 Å². The third-order valence-corrected chi connectivity index (χ3v) is 5.17. The van der Waals surface area contributed by atoms with Gasteiger partial charge < -0.3 is 15.2 Å². The Kier molecular flexibility index (Phi) is 5.03. The fourth-order valence-electron chi connectivity index (χ4n) is 3.61. The SMILES string of the molecule is Cn1ccc2c(NC(=O)CC3NC(=O)N(CCc4ccccc4)C3=O)cccc21. The van der Waals surface area contributed by atoms with Crippen molar-refractivity contribution in [2.75, 3.05) is 11.9 Å². The molecule has 29 heavy (non-hydrogen) atoms. The number of hydrogen-bond acceptors (Lipinski definition) is 3. The zero-order valence-corrected chi connectivity index (χ0v) is 16.1. The van der Waals surface area contributed by atoms with E-state index >= 15 is 0 Å². The van der Waals surface area contributed by atoms with Crippen molar-refractivity contribution in [2.45, 2.75) is 18.9 Å². The summed E-state index contributed by atoms with van der Waals surface area (Å²) in [5.74, 6) is -0.677. The predicted molar refractivity (Wildman–Crippen MR) is 110 cm³/mol. The smallest absolute Gasteiger partial charge is 0.324 e. The standard InChI is InChI=1S/C22H22N4O3/c1-25-12-11-16-17(8-5-9-19(16)25)23-20(27)14-18-21(28)26(22(29)24-18)13-10-15-6-3-2-4-7-15/h2-9,11-12,18H,10,13-14H2,1H3,(H,23,27)(H,24,29). The molecule has 1 aromatic heterocycles. The number of benzene rings is 2. The Morgan fingerprint density at radius 2 is 1.86 bits per heavy atom. The first-order valence-electron chi connectivity index (χ1n) is 9.52. The molecule has 1 atom stereocenters. The summed E-state index contributed by atoms with van der Waals surface area (Å²) in [5, 5.41) is 6.40. The molecule has 1 fully saturated rings. The highest BCUT2D eigenvalue weighted by molar-refractivity contribution is 6.08. The lowest BCUT2D eigenvalue weighted by molar-refractivity contribution is -0.129. The maximum atomic E-state index is 12.6. The van der Waals surface area contributed by atoms with Gasteiger partial charge in [-0.3, -0.25) is 14.5 Å². The van der Waals surface area contributed by atoms with Gasteiger partial charge in [-0.05, 0) is 30.2 Å². The van der Waals surface area contributed by atoms with Crippen molar-refractivity contribution in [3.63, 3.8) is 0 Å². The third-order valence-electron chi connectivity index (χ3n) is 5.17. The first-order valence-corrected chi connectivity index (χ1v) is 9.52. The second kappa shape index (κ2) is 7.79. The number of nitrogens with zero attached hydrogens (tertiary/aromatic N) is 2. The molecule has 1 aliphatic heterocycles. The summed E-state index contributed by atoms with van der Waals surface area (Å²) < 4.78 is 1.97. The molecule has 148 valence electrons. The van der Waals surface area contributed by atoms with Gasteiger partial charge in [-0.25, -0.2) is 4.79 Å². The lowest BCUT2D eigenvalue weighted by atomic mass is 10.1. The molecule has 7 heteroatoms. The van der Waals surface area contributed by atoms with Crippen LogP contribution in [0.3, 0.4) is 0 Å². The molecule has 0 spiro atoms. The second-order valence-electron chi connectivity index (χ2n) is 7.14. The van der Waals surface area contributed by atoms with Crippen molar-refractivity contribution in [1.29, 1.82) is 0 Å². The number of rotatable bonds is 6. The maximum absolute atomic E-state index is 12.6. The predicted octanol–water partition coefficient (Wildman–Crippen LogP) is 2.67. The maximum Gasteiger partial charge on any atom is 0.324 e. The highest BCUT2D eigenvalue weighted by Crippen LogP contribution is 2.24. The van der Waals surface area contributed by atoms with Gasteiger partial charge in [0, 0.05) is 30.7 Å². The summed E-state index contributed by atoms with van der Waals surface area (Å²) in [7, 11) is 1.94. The average Bonchev–Trinajstić information content (AvgIpc) is 3.22. The van der Waals surface area contributed by atoms with Gasteiger partial charge >= 0.3 is 6.03 Å². The molecule has 2 N–H and O–H groups in total. The van der Waals surface area contributed by atoms with Gasteiger partial charge in [0.1, 0.15) is 6.04 Å². The Morgan fingerprint density at radius 1 is 1.07 bits per heavy atom. The monoisotopic (exact) mass is 390 g/mol. The summed E-state index contributed by atoms with van der Waals surface area (Å²) in [6.45, 7) is 0.288. The van der Waals surface area contributed by atoms with Crippen LogP contribution in [0.25, 0.3) is 10.9 Å². The van der Waals surface area contributed by atoms with E-state index in [4.69, 9.17) is 0 Å². The molecule has 2 heterocycles. The van der Waals surface area contributed by atoms with Crippen LogP contribution in [-0.4, -0.2) is 39.9 Å². The largest absolute Gasteiger partial charge is 0.350 e. The van der Waals surface area contributed by atoms with Crippen molar-refractivity contribution < 1.29 is 14.4 Å². The van der Waals surface area contributed by atoms with Crippen molar-refractivity contribution >= 4 is 34.4 Å². The summed E-state index contributed by atoms with van der Waals surface area (Å²) in [5.41, 5.74) is 2.73. The Balaban J connectivity index is 1.38.